The van der Waals surface area contributed by atoms with Crippen LogP contribution in [0.2, 0.25) is 0 Å². The first-order valence-corrected chi connectivity index (χ1v) is 8.21. The summed E-state index contributed by atoms with van der Waals surface area (Å²) in [5.74, 6) is -1.03. The summed E-state index contributed by atoms with van der Waals surface area (Å²) in [4.78, 5) is 8.86. The Bertz CT molecular complexity index is 578. The van der Waals surface area contributed by atoms with Gasteiger partial charge in [0.2, 0.25) is 0 Å². The Hall–Kier alpha value is -1.73. The summed E-state index contributed by atoms with van der Waals surface area (Å²) >= 11 is 0. The van der Waals surface area contributed by atoms with Crippen LogP contribution in [0.1, 0.15) is 18.5 Å². The molecule has 1 aliphatic heterocycles. The molecule has 2 rings (SSSR count). The molecule has 24 heavy (non-hydrogen) atoms. The number of guanidine groups is 1. The maximum Gasteiger partial charge on any atom is 0.191 e. The SMILES string of the molecule is CN=C(NCC1CN(C)CCN1C)NC(C)c1ccc(F)c(F)c1. The Morgan fingerprint density at radius 3 is 2.71 bits per heavy atom. The quantitative estimate of drug-likeness (QED) is 0.643. The average molecular weight is 339 g/mol. The predicted molar refractivity (Wildman–Crippen MR) is 93.2 cm³/mol. The Labute approximate surface area is 142 Å². The Kier molecular flexibility index (Phi) is 6.51. The third-order valence-electron chi connectivity index (χ3n) is 4.51. The van der Waals surface area contributed by atoms with E-state index in [1.807, 2.05) is 6.92 Å². The molecule has 1 heterocycles. The van der Waals surface area contributed by atoms with E-state index in [4.69, 9.17) is 0 Å². The van der Waals surface area contributed by atoms with Gasteiger partial charge in [-0.15, -0.1) is 0 Å². The molecule has 0 bridgehead atoms. The molecule has 2 unspecified atom stereocenters. The highest BCUT2D eigenvalue weighted by Gasteiger charge is 2.22. The van der Waals surface area contributed by atoms with Gasteiger partial charge in [0.15, 0.2) is 17.6 Å². The number of benzene rings is 1. The number of nitrogens with one attached hydrogen (secondary N) is 2. The maximum absolute atomic E-state index is 13.4. The molecule has 1 aromatic rings. The number of halogens is 2. The van der Waals surface area contributed by atoms with E-state index in [0.717, 1.165) is 32.2 Å². The van der Waals surface area contributed by atoms with Gasteiger partial charge in [0, 0.05) is 39.3 Å². The lowest BCUT2D eigenvalue weighted by molar-refractivity contribution is 0.116. The molecular formula is C17H27F2N5. The monoisotopic (exact) mass is 339 g/mol. The lowest BCUT2D eigenvalue weighted by Crippen LogP contribution is -2.55. The number of aliphatic imine (C=N–C) groups is 1. The summed E-state index contributed by atoms with van der Waals surface area (Å²) in [7, 11) is 5.95. The van der Waals surface area contributed by atoms with Crippen molar-refractivity contribution in [2.24, 2.45) is 4.99 Å². The second-order valence-corrected chi connectivity index (χ2v) is 6.39. The number of hydrogen-bond acceptors (Lipinski definition) is 3. The zero-order chi connectivity index (χ0) is 17.7. The van der Waals surface area contributed by atoms with Crippen LogP contribution in [0.5, 0.6) is 0 Å². The summed E-state index contributed by atoms with van der Waals surface area (Å²) < 4.78 is 26.4. The molecule has 0 aliphatic carbocycles. The average Bonchev–Trinajstić information content (AvgIpc) is 2.56. The van der Waals surface area contributed by atoms with Gasteiger partial charge in [-0.1, -0.05) is 6.07 Å². The molecule has 1 saturated heterocycles. The van der Waals surface area contributed by atoms with Crippen LogP contribution in [0.15, 0.2) is 23.2 Å². The van der Waals surface area contributed by atoms with Crippen LogP contribution in [0.3, 0.4) is 0 Å². The lowest BCUT2D eigenvalue weighted by atomic mass is 10.1. The van der Waals surface area contributed by atoms with Crippen molar-refractivity contribution in [3.8, 4) is 0 Å². The number of nitrogens with zero attached hydrogens (tertiary/aromatic N) is 3. The van der Waals surface area contributed by atoms with Crippen molar-refractivity contribution in [2.45, 2.75) is 19.0 Å². The van der Waals surface area contributed by atoms with Gasteiger partial charge in [-0.05, 0) is 38.7 Å². The highest BCUT2D eigenvalue weighted by Crippen LogP contribution is 2.15. The molecule has 134 valence electrons. The largest absolute Gasteiger partial charge is 0.355 e. The first-order valence-electron chi connectivity index (χ1n) is 8.21. The van der Waals surface area contributed by atoms with Gasteiger partial charge >= 0.3 is 0 Å². The number of likely N-dealkylation sites (N-methyl/N-ethyl adjacent to an activating group) is 2. The smallest absolute Gasteiger partial charge is 0.191 e. The molecular weight excluding hydrogens is 312 g/mol. The zero-order valence-electron chi connectivity index (χ0n) is 14.8. The van der Waals surface area contributed by atoms with Gasteiger partial charge < -0.3 is 15.5 Å². The summed E-state index contributed by atoms with van der Waals surface area (Å²) in [5.41, 5.74) is 0.673. The maximum atomic E-state index is 13.4. The molecule has 2 atom stereocenters. The fraction of sp³-hybridized carbons (Fsp3) is 0.588. The van der Waals surface area contributed by atoms with Gasteiger partial charge in [0.25, 0.3) is 0 Å². The van der Waals surface area contributed by atoms with E-state index in [1.165, 1.54) is 6.07 Å². The zero-order valence-corrected chi connectivity index (χ0v) is 14.8. The van der Waals surface area contributed by atoms with Crippen molar-refractivity contribution in [1.29, 1.82) is 0 Å². The molecule has 7 heteroatoms. The third-order valence-corrected chi connectivity index (χ3v) is 4.51. The fourth-order valence-electron chi connectivity index (χ4n) is 2.80. The molecule has 5 nitrogen and oxygen atoms in total. The molecule has 0 radical (unpaired) electrons. The lowest BCUT2D eigenvalue weighted by Gasteiger charge is -2.38. The summed E-state index contributed by atoms with van der Waals surface area (Å²) in [6, 6.07) is 4.16. The van der Waals surface area contributed by atoms with Crippen molar-refractivity contribution in [1.82, 2.24) is 20.4 Å². The minimum atomic E-state index is -0.837. The number of piperazine rings is 1. The fourth-order valence-corrected chi connectivity index (χ4v) is 2.80. The molecule has 0 amide bonds. The standard InChI is InChI=1S/C17H27F2N5/c1-12(13-5-6-15(18)16(19)9-13)22-17(20-2)21-10-14-11-23(3)7-8-24(14)4/h5-6,9,12,14H,7-8,10-11H2,1-4H3,(H2,20,21,22). The summed E-state index contributed by atoms with van der Waals surface area (Å²) in [6.07, 6.45) is 0. The minimum Gasteiger partial charge on any atom is -0.355 e. The van der Waals surface area contributed by atoms with Gasteiger partial charge in [-0.25, -0.2) is 8.78 Å². The van der Waals surface area contributed by atoms with E-state index in [0.29, 0.717) is 17.6 Å². The first kappa shape index (κ1) is 18.6. The van der Waals surface area contributed by atoms with Crippen LogP contribution in [0.4, 0.5) is 8.78 Å². The van der Waals surface area contributed by atoms with Crippen molar-refractivity contribution in [2.75, 3.05) is 47.3 Å². The van der Waals surface area contributed by atoms with E-state index in [1.54, 1.807) is 13.1 Å². The normalized spacial score (nSPS) is 21.6. The predicted octanol–water partition coefficient (Wildman–Crippen LogP) is 1.44. The van der Waals surface area contributed by atoms with E-state index >= 15 is 0 Å². The first-order chi connectivity index (χ1) is 11.4. The minimum absolute atomic E-state index is 0.182. The van der Waals surface area contributed by atoms with Gasteiger partial charge in [0.05, 0.1) is 6.04 Å². The summed E-state index contributed by atoms with van der Waals surface area (Å²) in [5, 5.41) is 6.53. The number of rotatable bonds is 4. The van der Waals surface area contributed by atoms with E-state index in [2.05, 4.69) is 39.5 Å². The molecule has 0 aromatic heterocycles. The van der Waals surface area contributed by atoms with Crippen molar-refractivity contribution in [3.63, 3.8) is 0 Å². The molecule has 0 saturated carbocycles. The number of hydrogen-bond donors (Lipinski definition) is 2. The highest BCUT2D eigenvalue weighted by atomic mass is 19.2. The molecule has 1 aliphatic rings. The van der Waals surface area contributed by atoms with Crippen LogP contribution in [-0.4, -0.2) is 69.1 Å². The topological polar surface area (TPSA) is 42.9 Å². The second-order valence-electron chi connectivity index (χ2n) is 6.39. The van der Waals surface area contributed by atoms with Crippen LogP contribution in [0, 0.1) is 11.6 Å². The van der Waals surface area contributed by atoms with Crippen LogP contribution < -0.4 is 10.6 Å². The van der Waals surface area contributed by atoms with Gasteiger partial charge in [-0.3, -0.25) is 9.89 Å². The third kappa shape index (κ3) is 4.88. The van der Waals surface area contributed by atoms with Crippen LogP contribution in [0.25, 0.3) is 0 Å². The van der Waals surface area contributed by atoms with Crippen molar-refractivity contribution in [3.05, 3.63) is 35.4 Å². The molecule has 1 fully saturated rings. The Morgan fingerprint density at radius 2 is 2.04 bits per heavy atom. The summed E-state index contributed by atoms with van der Waals surface area (Å²) in [6.45, 7) is 5.78. The van der Waals surface area contributed by atoms with Gasteiger partial charge in [-0.2, -0.15) is 0 Å². The highest BCUT2D eigenvalue weighted by molar-refractivity contribution is 5.80. The molecule has 0 spiro atoms. The second kappa shape index (κ2) is 8.39. The van der Waals surface area contributed by atoms with Gasteiger partial charge in [0.1, 0.15) is 0 Å². The van der Waals surface area contributed by atoms with Crippen molar-refractivity contribution >= 4 is 5.96 Å². The van der Waals surface area contributed by atoms with Crippen molar-refractivity contribution < 1.29 is 8.78 Å². The Morgan fingerprint density at radius 1 is 1.29 bits per heavy atom. The van der Waals surface area contributed by atoms with Crippen LogP contribution in [-0.2, 0) is 0 Å². The van der Waals surface area contributed by atoms with Crippen LogP contribution >= 0.6 is 0 Å². The Balaban J connectivity index is 1.90. The molecule has 2 N–H and O–H groups in total. The molecule has 1 aromatic carbocycles. The van der Waals surface area contributed by atoms with E-state index in [-0.39, 0.29) is 6.04 Å². The van der Waals surface area contributed by atoms with E-state index in [9.17, 15) is 8.78 Å². The van der Waals surface area contributed by atoms with E-state index < -0.39 is 11.6 Å².